The molecule has 0 saturated heterocycles. The predicted octanol–water partition coefficient (Wildman–Crippen LogP) is 2.42. The molecular weight excluding hydrogens is 282 g/mol. The second-order valence-electron chi connectivity index (χ2n) is 5.87. The van der Waals surface area contributed by atoms with Crippen LogP contribution in [0.25, 0.3) is 0 Å². The first-order valence-corrected chi connectivity index (χ1v) is 7.90. The van der Waals surface area contributed by atoms with Gasteiger partial charge in [-0.05, 0) is 39.2 Å². The van der Waals surface area contributed by atoms with Crippen molar-refractivity contribution in [2.45, 2.75) is 52.7 Å². The Morgan fingerprint density at radius 1 is 1.30 bits per heavy atom. The Labute approximate surface area is 121 Å². The molecule has 118 valence electrons. The largest absolute Gasteiger partial charge is 0.444 e. The first-order chi connectivity index (χ1) is 8.95. The van der Waals surface area contributed by atoms with Crippen LogP contribution in [0.15, 0.2) is 11.5 Å². The minimum absolute atomic E-state index is 0.282. The zero-order chi connectivity index (χ0) is 16.0. The molecule has 0 saturated carbocycles. The molecule has 0 aliphatic heterocycles. The average molecular weight is 307 g/mol. The summed E-state index contributed by atoms with van der Waals surface area (Å²) in [5, 5.41) is 3.58. The fraction of sp³-hybridized carbons (Fsp3) is 0.769. The minimum Gasteiger partial charge on any atom is -0.444 e. The third kappa shape index (κ3) is 9.80. The molecule has 1 atom stereocenters. The predicted molar refractivity (Wildman–Crippen MR) is 77.7 cm³/mol. The van der Waals surface area contributed by atoms with Gasteiger partial charge in [0.15, 0.2) is 0 Å². The number of carbonyl (C=O) groups is 1. The Balaban J connectivity index is 4.78. The van der Waals surface area contributed by atoms with E-state index in [1.54, 1.807) is 20.8 Å². The number of hydrogen-bond donors (Lipinski definition) is 1. The first-order valence-electron chi connectivity index (χ1n) is 6.43. The topological polar surface area (TPSA) is 81.7 Å². The third-order valence-corrected chi connectivity index (χ3v) is 3.09. The monoisotopic (exact) mass is 307 g/mol. The zero-order valence-corrected chi connectivity index (χ0v) is 13.8. The molecule has 0 fully saturated rings. The van der Waals surface area contributed by atoms with Gasteiger partial charge < -0.3 is 10.1 Å². The molecule has 0 aliphatic rings. The first kappa shape index (κ1) is 18.9. The van der Waals surface area contributed by atoms with Crippen LogP contribution in [0.2, 0.25) is 0 Å². The Kier molecular flexibility index (Phi) is 7.22. The maximum atomic E-state index is 11.7. The molecule has 0 heterocycles. The Hall–Kier alpha value is -1.08. The maximum absolute atomic E-state index is 11.7. The van der Waals surface area contributed by atoms with Gasteiger partial charge in [-0.1, -0.05) is 13.8 Å². The molecule has 0 aromatic rings. The van der Waals surface area contributed by atoms with Gasteiger partial charge in [-0.25, -0.2) is 4.79 Å². The van der Waals surface area contributed by atoms with Crippen LogP contribution in [0.4, 0.5) is 4.79 Å². The van der Waals surface area contributed by atoms with E-state index in [-0.39, 0.29) is 5.92 Å². The van der Waals surface area contributed by atoms with Gasteiger partial charge in [-0.15, -0.1) is 0 Å². The lowest BCUT2D eigenvalue weighted by molar-refractivity contribution is 0.0510. The van der Waals surface area contributed by atoms with Gasteiger partial charge in [0.2, 0.25) is 0 Å². The van der Waals surface area contributed by atoms with E-state index in [1.165, 1.54) is 6.08 Å². The Morgan fingerprint density at radius 2 is 1.85 bits per heavy atom. The van der Waals surface area contributed by atoms with E-state index in [1.807, 2.05) is 13.8 Å². The highest BCUT2D eigenvalue weighted by atomic mass is 32.2. The second-order valence-corrected chi connectivity index (χ2v) is 7.46. The van der Waals surface area contributed by atoms with Crippen molar-refractivity contribution in [1.82, 2.24) is 5.32 Å². The van der Waals surface area contributed by atoms with Crippen LogP contribution in [-0.4, -0.2) is 33.3 Å². The van der Waals surface area contributed by atoms with Crippen LogP contribution in [0, 0.1) is 5.92 Å². The van der Waals surface area contributed by atoms with Gasteiger partial charge in [0.25, 0.3) is 10.1 Å². The zero-order valence-electron chi connectivity index (χ0n) is 13.0. The van der Waals surface area contributed by atoms with Gasteiger partial charge in [0, 0.05) is 0 Å². The molecule has 0 rings (SSSR count). The molecule has 0 aromatic heterocycles. The molecule has 1 N–H and O–H groups in total. The Morgan fingerprint density at radius 3 is 2.25 bits per heavy atom. The van der Waals surface area contributed by atoms with Crippen LogP contribution in [0.5, 0.6) is 0 Å². The smallest absolute Gasteiger partial charge is 0.408 e. The summed E-state index contributed by atoms with van der Waals surface area (Å²) in [6, 6.07) is -0.435. The lowest BCUT2D eigenvalue weighted by atomic mass is 10.0. The van der Waals surface area contributed by atoms with E-state index >= 15 is 0 Å². The molecule has 6 nitrogen and oxygen atoms in total. The molecule has 20 heavy (non-hydrogen) atoms. The van der Waals surface area contributed by atoms with Crippen molar-refractivity contribution < 1.29 is 22.1 Å². The van der Waals surface area contributed by atoms with Gasteiger partial charge in [0.1, 0.15) is 5.60 Å². The van der Waals surface area contributed by atoms with Crippen LogP contribution < -0.4 is 5.32 Å². The molecule has 0 bridgehead atoms. The summed E-state index contributed by atoms with van der Waals surface area (Å²) in [5.41, 5.74) is -0.602. The van der Waals surface area contributed by atoms with Gasteiger partial charge >= 0.3 is 6.09 Å². The number of carbonyl (C=O) groups excluding carboxylic acids is 1. The van der Waals surface area contributed by atoms with E-state index in [0.717, 1.165) is 12.5 Å². The number of hydrogen-bond acceptors (Lipinski definition) is 5. The van der Waals surface area contributed by atoms with Crippen LogP contribution in [-0.2, 0) is 19.0 Å². The number of amides is 1. The van der Waals surface area contributed by atoms with Crippen LogP contribution >= 0.6 is 0 Å². The summed E-state index contributed by atoms with van der Waals surface area (Å²) in [7, 11) is -2.61. The Bertz CT molecular complexity index is 434. The summed E-state index contributed by atoms with van der Waals surface area (Å²) in [6.45, 7) is 9.23. The molecule has 0 aliphatic carbocycles. The number of alkyl carbamates (subject to hydrolysis) is 1. The quantitative estimate of drug-likeness (QED) is 0.762. The van der Waals surface area contributed by atoms with Crippen molar-refractivity contribution >= 4 is 16.2 Å². The number of rotatable bonds is 6. The van der Waals surface area contributed by atoms with Crippen molar-refractivity contribution in [2.24, 2.45) is 5.92 Å². The molecule has 1 amide bonds. The van der Waals surface area contributed by atoms with E-state index in [0.29, 0.717) is 6.42 Å². The van der Waals surface area contributed by atoms with Crippen molar-refractivity contribution in [3.63, 3.8) is 0 Å². The lowest BCUT2D eigenvalue weighted by Crippen LogP contribution is -2.38. The fourth-order valence-corrected chi connectivity index (χ4v) is 1.89. The normalized spacial score (nSPS) is 14.6. The minimum atomic E-state index is -3.69. The van der Waals surface area contributed by atoms with E-state index in [2.05, 4.69) is 9.50 Å². The van der Waals surface area contributed by atoms with Crippen molar-refractivity contribution in [3.05, 3.63) is 11.5 Å². The highest BCUT2D eigenvalue weighted by Crippen LogP contribution is 2.10. The van der Waals surface area contributed by atoms with E-state index in [4.69, 9.17) is 4.74 Å². The summed E-state index contributed by atoms with van der Waals surface area (Å²) in [5.74, 6) is 0.282. The van der Waals surface area contributed by atoms with E-state index in [9.17, 15) is 13.2 Å². The van der Waals surface area contributed by atoms with Crippen molar-refractivity contribution in [1.29, 1.82) is 0 Å². The fourth-order valence-electron chi connectivity index (χ4n) is 1.40. The summed E-state index contributed by atoms with van der Waals surface area (Å²) in [6.07, 6.45) is 1.40. The van der Waals surface area contributed by atoms with Crippen LogP contribution in [0.3, 0.4) is 0 Å². The lowest BCUT2D eigenvalue weighted by Gasteiger charge is -2.23. The summed E-state index contributed by atoms with van der Waals surface area (Å²) < 4.78 is 32.0. The summed E-state index contributed by atoms with van der Waals surface area (Å²) >= 11 is 0. The van der Waals surface area contributed by atoms with Gasteiger partial charge in [-0.3, -0.25) is 4.18 Å². The van der Waals surface area contributed by atoms with Crippen LogP contribution in [0.1, 0.15) is 41.0 Å². The summed E-state index contributed by atoms with van der Waals surface area (Å²) in [4.78, 5) is 11.7. The average Bonchev–Trinajstić information content (AvgIpc) is 2.22. The number of ether oxygens (including phenoxy) is 1. The highest BCUT2D eigenvalue weighted by molar-refractivity contribution is 7.89. The van der Waals surface area contributed by atoms with Crippen molar-refractivity contribution in [3.8, 4) is 0 Å². The molecule has 0 aromatic carbocycles. The van der Waals surface area contributed by atoms with E-state index < -0.39 is 27.9 Å². The molecule has 1 unspecified atom stereocenters. The van der Waals surface area contributed by atoms with Crippen molar-refractivity contribution in [2.75, 3.05) is 7.11 Å². The molecule has 7 heteroatoms. The highest BCUT2D eigenvalue weighted by Gasteiger charge is 2.19. The molecular formula is C13H25NO5S. The number of nitrogens with one attached hydrogen (secondary N) is 1. The third-order valence-electron chi connectivity index (χ3n) is 2.14. The maximum Gasteiger partial charge on any atom is 0.408 e. The molecule has 0 spiro atoms. The second kappa shape index (κ2) is 7.64. The SMILES string of the molecule is COS(=O)(=O)/C=C/C(CC(C)C)NC(=O)OC(C)(C)C. The standard InChI is InChI=1S/C13H25NO5S/c1-10(2)9-11(7-8-20(16,17)18-6)14-12(15)19-13(3,4)5/h7-8,10-11H,9H2,1-6H3,(H,14,15)/b8-7+. The van der Waals surface area contributed by atoms with Gasteiger partial charge in [-0.2, -0.15) is 8.42 Å². The molecule has 0 radical (unpaired) electrons. The van der Waals surface area contributed by atoms with Gasteiger partial charge in [0.05, 0.1) is 18.6 Å².